The highest BCUT2D eigenvalue weighted by Crippen LogP contribution is 2.55. The van der Waals surface area contributed by atoms with Gasteiger partial charge in [0.15, 0.2) is 0 Å². The summed E-state index contributed by atoms with van der Waals surface area (Å²) in [6.07, 6.45) is 13.3. The lowest BCUT2D eigenvalue weighted by molar-refractivity contribution is 0.500. The van der Waals surface area contributed by atoms with Gasteiger partial charge >= 0.3 is 0 Å². The van der Waals surface area contributed by atoms with E-state index in [0.29, 0.717) is 5.82 Å². The zero-order valence-electron chi connectivity index (χ0n) is 16.3. The summed E-state index contributed by atoms with van der Waals surface area (Å²) >= 11 is 0. The molecule has 3 aromatic rings. The van der Waals surface area contributed by atoms with Crippen LogP contribution < -0.4 is 5.73 Å². The Morgan fingerprint density at radius 1 is 1.28 bits per heavy atom. The minimum atomic E-state index is -0.134. The third-order valence-electron chi connectivity index (χ3n) is 5.75. The van der Waals surface area contributed by atoms with E-state index in [0.717, 1.165) is 40.6 Å². The van der Waals surface area contributed by atoms with Crippen molar-refractivity contribution in [3.63, 3.8) is 0 Å². The van der Waals surface area contributed by atoms with Crippen LogP contribution in [-0.2, 0) is 12.5 Å². The number of benzene rings is 1. The summed E-state index contributed by atoms with van der Waals surface area (Å²) in [5.41, 5.74) is 11.3. The number of hydrogen-bond donors (Lipinski definition) is 1. The molecule has 2 aromatic heterocycles. The van der Waals surface area contributed by atoms with Crippen molar-refractivity contribution in [2.45, 2.75) is 18.3 Å². The monoisotopic (exact) mass is 382 g/mol. The lowest BCUT2D eigenvalue weighted by atomic mass is 9.90. The number of pyridine rings is 1. The van der Waals surface area contributed by atoms with Gasteiger partial charge in [0.1, 0.15) is 5.82 Å². The number of nitrogens with zero attached hydrogens (tertiary/aromatic N) is 5. The summed E-state index contributed by atoms with van der Waals surface area (Å²) in [6.45, 7) is 4.14. The molecule has 1 saturated carbocycles. The topological polar surface area (TPSA) is 72.3 Å². The van der Waals surface area contributed by atoms with Gasteiger partial charge in [-0.2, -0.15) is 5.10 Å². The van der Waals surface area contributed by atoms with Crippen LogP contribution in [0.3, 0.4) is 0 Å². The van der Waals surface area contributed by atoms with Crippen molar-refractivity contribution in [2.24, 2.45) is 17.8 Å². The van der Waals surface area contributed by atoms with Gasteiger partial charge in [-0.3, -0.25) is 9.67 Å². The largest absolute Gasteiger partial charge is 0.403 e. The van der Waals surface area contributed by atoms with Gasteiger partial charge < -0.3 is 10.6 Å². The van der Waals surface area contributed by atoms with Crippen molar-refractivity contribution < 1.29 is 0 Å². The van der Waals surface area contributed by atoms with Crippen LogP contribution in [0.2, 0.25) is 0 Å². The normalized spacial score (nSPS) is 18.2. The van der Waals surface area contributed by atoms with Gasteiger partial charge in [-0.1, -0.05) is 18.7 Å². The van der Waals surface area contributed by atoms with Crippen LogP contribution in [0.1, 0.15) is 24.0 Å². The van der Waals surface area contributed by atoms with E-state index in [-0.39, 0.29) is 5.41 Å². The van der Waals surface area contributed by atoms with Crippen LogP contribution in [0.25, 0.3) is 16.5 Å². The first-order valence-electron chi connectivity index (χ1n) is 9.61. The number of aliphatic imine (C=N–C) groups is 1. The highest BCUT2D eigenvalue weighted by Gasteiger charge is 2.50. The molecular formula is C23H22N6. The molecule has 0 saturated heterocycles. The third-order valence-corrected chi connectivity index (χ3v) is 5.75. The van der Waals surface area contributed by atoms with Gasteiger partial charge in [0.2, 0.25) is 0 Å². The number of hydrogen-bond acceptors (Lipinski definition) is 5. The van der Waals surface area contributed by atoms with E-state index in [9.17, 15) is 0 Å². The predicted molar refractivity (Wildman–Crippen MR) is 116 cm³/mol. The van der Waals surface area contributed by atoms with Gasteiger partial charge in [0.05, 0.1) is 17.4 Å². The van der Waals surface area contributed by atoms with Gasteiger partial charge in [-0.25, -0.2) is 4.99 Å². The van der Waals surface area contributed by atoms with Crippen LogP contribution in [0, 0.1) is 0 Å². The molecule has 0 radical (unpaired) electrons. The van der Waals surface area contributed by atoms with Gasteiger partial charge in [-0.05, 0) is 36.6 Å². The molecule has 0 unspecified atom stereocenters. The number of fused-ring (bicyclic) bond motifs is 1. The first kappa shape index (κ1) is 17.4. The zero-order chi connectivity index (χ0) is 20.0. The van der Waals surface area contributed by atoms with E-state index in [2.05, 4.69) is 45.9 Å². The molecule has 3 heterocycles. The molecule has 6 nitrogen and oxygen atoms in total. The van der Waals surface area contributed by atoms with Gasteiger partial charge in [0.25, 0.3) is 0 Å². The van der Waals surface area contributed by atoms with Crippen LogP contribution in [-0.4, -0.2) is 25.9 Å². The summed E-state index contributed by atoms with van der Waals surface area (Å²) in [7, 11) is 1.90. The SMILES string of the molecule is C=C1N=CC(c2cnn(C)c2)=CN1/C(=C\N)C1(c2ccc3ncccc3c2)CC1. The van der Waals surface area contributed by atoms with Crippen molar-refractivity contribution in [1.29, 1.82) is 0 Å². The number of aromatic nitrogens is 3. The second-order valence-electron chi connectivity index (χ2n) is 7.58. The van der Waals surface area contributed by atoms with Crippen molar-refractivity contribution in [2.75, 3.05) is 0 Å². The summed E-state index contributed by atoms with van der Waals surface area (Å²) in [4.78, 5) is 11.0. The van der Waals surface area contributed by atoms with E-state index in [1.165, 1.54) is 5.56 Å². The van der Waals surface area contributed by atoms with E-state index in [1.54, 1.807) is 10.9 Å². The molecule has 29 heavy (non-hydrogen) atoms. The minimum absolute atomic E-state index is 0.134. The Morgan fingerprint density at radius 3 is 2.86 bits per heavy atom. The molecule has 1 fully saturated rings. The van der Waals surface area contributed by atoms with Gasteiger partial charge in [0, 0.05) is 60.0 Å². The molecule has 1 aliphatic carbocycles. The predicted octanol–water partition coefficient (Wildman–Crippen LogP) is 3.70. The van der Waals surface area contributed by atoms with E-state index < -0.39 is 0 Å². The standard InChI is InChI=1S/C23H22N6/c1-16-26-12-18(19-13-27-28(2)14-19)15-29(16)22(11-24)23(7-8-23)20-5-6-21-17(10-20)4-3-9-25-21/h3-6,9-15H,1,7-8,24H2,2H3/b22-11-. The smallest absolute Gasteiger partial charge is 0.129 e. The zero-order valence-corrected chi connectivity index (χ0v) is 16.3. The number of allylic oxidation sites excluding steroid dienone is 2. The molecule has 2 N–H and O–H groups in total. The van der Waals surface area contributed by atoms with Crippen LogP contribution in [0.15, 0.2) is 84.4 Å². The molecule has 144 valence electrons. The summed E-state index contributed by atoms with van der Waals surface area (Å²) in [5.74, 6) is 0.656. The fourth-order valence-corrected chi connectivity index (χ4v) is 4.04. The second kappa shape index (κ2) is 6.44. The van der Waals surface area contributed by atoms with Crippen molar-refractivity contribution in [3.8, 4) is 0 Å². The fraction of sp³-hybridized carbons (Fsp3) is 0.174. The highest BCUT2D eigenvalue weighted by atomic mass is 15.3. The molecule has 5 rings (SSSR count). The summed E-state index contributed by atoms with van der Waals surface area (Å²) < 4.78 is 1.78. The Bertz CT molecular complexity index is 1210. The van der Waals surface area contributed by atoms with Crippen LogP contribution >= 0.6 is 0 Å². The Kier molecular flexibility index (Phi) is 3.87. The first-order valence-corrected chi connectivity index (χ1v) is 9.61. The lowest BCUT2D eigenvalue weighted by Gasteiger charge is -2.32. The van der Waals surface area contributed by atoms with E-state index >= 15 is 0 Å². The maximum atomic E-state index is 6.18. The maximum absolute atomic E-state index is 6.18. The Labute approximate surface area is 169 Å². The summed E-state index contributed by atoms with van der Waals surface area (Å²) in [5, 5.41) is 5.40. The molecule has 6 heteroatoms. The van der Waals surface area contributed by atoms with Crippen molar-refractivity contribution in [1.82, 2.24) is 19.7 Å². The average molecular weight is 382 g/mol. The van der Waals surface area contributed by atoms with Crippen LogP contribution in [0.5, 0.6) is 0 Å². The molecule has 0 atom stereocenters. The second-order valence-corrected chi connectivity index (χ2v) is 7.58. The Morgan fingerprint density at radius 2 is 2.14 bits per heavy atom. The Hall–Kier alpha value is -3.67. The number of rotatable bonds is 4. The minimum Gasteiger partial charge on any atom is -0.403 e. The molecule has 0 bridgehead atoms. The average Bonchev–Trinajstić information content (AvgIpc) is 3.43. The third kappa shape index (κ3) is 2.84. The maximum Gasteiger partial charge on any atom is 0.129 e. The first-order chi connectivity index (χ1) is 14.1. The lowest BCUT2D eigenvalue weighted by Crippen LogP contribution is -2.28. The quantitative estimate of drug-likeness (QED) is 0.747. The molecule has 1 aliphatic heterocycles. The van der Waals surface area contributed by atoms with E-state index in [4.69, 9.17) is 5.73 Å². The van der Waals surface area contributed by atoms with E-state index in [1.807, 2.05) is 49.0 Å². The summed E-state index contributed by atoms with van der Waals surface area (Å²) in [6, 6.07) is 10.5. The van der Waals surface area contributed by atoms with Crippen molar-refractivity contribution >= 4 is 22.7 Å². The Balaban J connectivity index is 1.55. The molecule has 2 aliphatic rings. The molecular weight excluding hydrogens is 360 g/mol. The fourth-order valence-electron chi connectivity index (χ4n) is 4.04. The van der Waals surface area contributed by atoms with Crippen molar-refractivity contribution in [3.05, 3.63) is 90.5 Å². The number of aryl methyl sites for hydroxylation is 1. The molecule has 1 aromatic carbocycles. The number of nitrogens with two attached hydrogens (primary N) is 1. The van der Waals surface area contributed by atoms with Crippen LogP contribution in [0.4, 0.5) is 0 Å². The van der Waals surface area contributed by atoms with Gasteiger partial charge in [-0.15, -0.1) is 0 Å². The highest BCUT2D eigenvalue weighted by molar-refractivity contribution is 6.10. The molecule has 0 amide bonds. The molecule has 0 spiro atoms.